The van der Waals surface area contributed by atoms with Crippen molar-refractivity contribution in [2.45, 2.75) is 33.2 Å². The first-order chi connectivity index (χ1) is 8.15. The number of aromatic nitrogens is 1. The predicted molar refractivity (Wildman–Crippen MR) is 74.8 cm³/mol. The molecular formula is C14H18N2S. The smallest absolute Gasteiger partial charge is 0.0402 e. The van der Waals surface area contributed by atoms with Gasteiger partial charge in [0.2, 0.25) is 0 Å². The fourth-order valence-corrected chi connectivity index (χ4v) is 2.87. The molecule has 2 aromatic heterocycles. The van der Waals surface area contributed by atoms with Crippen LogP contribution in [0.3, 0.4) is 0 Å². The maximum atomic E-state index is 4.10. The van der Waals surface area contributed by atoms with Gasteiger partial charge in [0.25, 0.3) is 0 Å². The van der Waals surface area contributed by atoms with Gasteiger partial charge >= 0.3 is 0 Å². The van der Waals surface area contributed by atoms with Gasteiger partial charge in [-0.2, -0.15) is 0 Å². The van der Waals surface area contributed by atoms with E-state index < -0.39 is 0 Å². The van der Waals surface area contributed by atoms with E-state index in [9.17, 15) is 0 Å². The van der Waals surface area contributed by atoms with Crippen LogP contribution < -0.4 is 5.32 Å². The monoisotopic (exact) mass is 246 g/mol. The Morgan fingerprint density at radius 3 is 2.76 bits per heavy atom. The Morgan fingerprint density at radius 2 is 2.12 bits per heavy atom. The summed E-state index contributed by atoms with van der Waals surface area (Å²) in [6, 6.07) is 6.88. The minimum Gasteiger partial charge on any atom is -0.382 e. The third-order valence-corrected chi connectivity index (χ3v) is 3.75. The van der Waals surface area contributed by atoms with E-state index >= 15 is 0 Å². The van der Waals surface area contributed by atoms with E-state index in [4.69, 9.17) is 0 Å². The van der Waals surface area contributed by atoms with Gasteiger partial charge in [-0.15, -0.1) is 11.3 Å². The zero-order chi connectivity index (χ0) is 12.3. The Morgan fingerprint density at radius 1 is 1.29 bits per heavy atom. The third kappa shape index (κ3) is 3.30. The van der Waals surface area contributed by atoms with E-state index in [1.807, 2.05) is 29.8 Å². The van der Waals surface area contributed by atoms with Crippen LogP contribution in [0.15, 0.2) is 30.6 Å². The van der Waals surface area contributed by atoms with Crippen molar-refractivity contribution in [2.24, 2.45) is 0 Å². The van der Waals surface area contributed by atoms with Crippen LogP contribution in [-0.2, 0) is 6.42 Å². The van der Waals surface area contributed by atoms with Gasteiger partial charge in [-0.1, -0.05) is 0 Å². The summed E-state index contributed by atoms with van der Waals surface area (Å²) >= 11 is 1.88. The Balaban J connectivity index is 1.98. The topological polar surface area (TPSA) is 24.9 Å². The van der Waals surface area contributed by atoms with E-state index in [1.54, 1.807) is 0 Å². The number of anilines is 1. The highest BCUT2D eigenvalue weighted by molar-refractivity contribution is 7.11. The standard InChI is InChI=1S/C14H18N2S/c1-10-9-15-7-6-14(10)16-11(2)8-13-5-4-12(3)17-13/h4-7,9,11H,8H2,1-3H3,(H,15,16). The molecule has 0 aliphatic carbocycles. The number of nitrogens with zero attached hydrogens (tertiary/aromatic N) is 1. The van der Waals surface area contributed by atoms with Crippen molar-refractivity contribution >= 4 is 17.0 Å². The molecule has 0 aliphatic rings. The Bertz CT molecular complexity index is 490. The molecule has 2 nitrogen and oxygen atoms in total. The summed E-state index contributed by atoms with van der Waals surface area (Å²) in [6.45, 7) is 6.45. The lowest BCUT2D eigenvalue weighted by atomic mass is 10.2. The van der Waals surface area contributed by atoms with Crippen molar-refractivity contribution in [3.05, 3.63) is 45.9 Å². The first-order valence-electron chi connectivity index (χ1n) is 5.87. The van der Waals surface area contributed by atoms with Gasteiger partial charge in [-0.25, -0.2) is 0 Å². The van der Waals surface area contributed by atoms with Crippen LogP contribution in [0, 0.1) is 13.8 Å². The van der Waals surface area contributed by atoms with Crippen LogP contribution in [0.25, 0.3) is 0 Å². The summed E-state index contributed by atoms with van der Waals surface area (Å²) < 4.78 is 0. The Labute approximate surface area is 107 Å². The van der Waals surface area contributed by atoms with Gasteiger partial charge in [-0.3, -0.25) is 4.98 Å². The van der Waals surface area contributed by atoms with Crippen LogP contribution in [0.4, 0.5) is 5.69 Å². The van der Waals surface area contributed by atoms with Crippen molar-refractivity contribution in [2.75, 3.05) is 5.32 Å². The molecule has 0 bridgehead atoms. The molecule has 0 aliphatic heterocycles. The molecule has 0 saturated heterocycles. The number of thiophene rings is 1. The quantitative estimate of drug-likeness (QED) is 0.887. The molecule has 0 aromatic carbocycles. The molecule has 17 heavy (non-hydrogen) atoms. The van der Waals surface area contributed by atoms with Gasteiger partial charge in [0.05, 0.1) is 0 Å². The minimum atomic E-state index is 0.439. The van der Waals surface area contributed by atoms with Crippen LogP contribution in [0.1, 0.15) is 22.2 Å². The number of pyridine rings is 1. The number of nitrogens with one attached hydrogen (secondary N) is 1. The van der Waals surface area contributed by atoms with Gasteiger partial charge in [0, 0.05) is 40.3 Å². The fraction of sp³-hybridized carbons (Fsp3) is 0.357. The summed E-state index contributed by atoms with van der Waals surface area (Å²) in [5, 5.41) is 3.53. The average Bonchev–Trinajstić information content (AvgIpc) is 2.67. The van der Waals surface area contributed by atoms with E-state index in [0.29, 0.717) is 6.04 Å². The highest BCUT2D eigenvalue weighted by atomic mass is 32.1. The summed E-state index contributed by atoms with van der Waals surface area (Å²) in [6.07, 6.45) is 4.79. The van der Waals surface area contributed by atoms with E-state index in [-0.39, 0.29) is 0 Å². The average molecular weight is 246 g/mol. The van der Waals surface area contributed by atoms with E-state index in [0.717, 1.165) is 6.42 Å². The molecule has 0 fully saturated rings. The number of rotatable bonds is 4. The van der Waals surface area contributed by atoms with Crippen LogP contribution in [-0.4, -0.2) is 11.0 Å². The van der Waals surface area contributed by atoms with E-state index in [2.05, 4.69) is 43.2 Å². The van der Waals surface area contributed by atoms with Crippen molar-refractivity contribution in [3.63, 3.8) is 0 Å². The Hall–Kier alpha value is -1.35. The lowest BCUT2D eigenvalue weighted by molar-refractivity contribution is 0.799. The first kappa shape index (κ1) is 12.1. The third-order valence-electron chi connectivity index (χ3n) is 2.73. The molecule has 3 heteroatoms. The normalized spacial score (nSPS) is 12.4. The van der Waals surface area contributed by atoms with Crippen LogP contribution in [0.2, 0.25) is 0 Å². The maximum absolute atomic E-state index is 4.10. The second kappa shape index (κ2) is 5.32. The van der Waals surface area contributed by atoms with Gasteiger partial charge < -0.3 is 5.32 Å². The summed E-state index contributed by atoms with van der Waals surface area (Å²) in [7, 11) is 0. The van der Waals surface area contributed by atoms with Crippen LogP contribution >= 0.6 is 11.3 Å². The summed E-state index contributed by atoms with van der Waals surface area (Å²) in [5.74, 6) is 0. The maximum Gasteiger partial charge on any atom is 0.0402 e. The Kier molecular flexibility index (Phi) is 3.79. The largest absolute Gasteiger partial charge is 0.382 e. The zero-order valence-corrected chi connectivity index (χ0v) is 11.3. The fourth-order valence-electron chi connectivity index (χ4n) is 1.85. The van der Waals surface area contributed by atoms with E-state index in [1.165, 1.54) is 21.0 Å². The summed E-state index contributed by atoms with van der Waals surface area (Å²) in [5.41, 5.74) is 2.38. The SMILES string of the molecule is Cc1ccc(CC(C)Nc2ccncc2C)s1. The number of hydrogen-bond donors (Lipinski definition) is 1. The molecule has 1 N–H and O–H groups in total. The lowest BCUT2D eigenvalue weighted by Crippen LogP contribution is -2.18. The highest BCUT2D eigenvalue weighted by Crippen LogP contribution is 2.19. The highest BCUT2D eigenvalue weighted by Gasteiger charge is 2.06. The molecule has 2 heterocycles. The lowest BCUT2D eigenvalue weighted by Gasteiger charge is -2.15. The molecule has 2 aromatic rings. The first-order valence-corrected chi connectivity index (χ1v) is 6.69. The molecule has 0 amide bonds. The molecule has 0 spiro atoms. The molecule has 90 valence electrons. The van der Waals surface area contributed by atoms with Crippen molar-refractivity contribution in [3.8, 4) is 0 Å². The number of hydrogen-bond acceptors (Lipinski definition) is 3. The molecule has 0 saturated carbocycles. The van der Waals surface area contributed by atoms with Gasteiger partial charge in [0.1, 0.15) is 0 Å². The van der Waals surface area contributed by atoms with Crippen molar-refractivity contribution in [1.29, 1.82) is 0 Å². The molecule has 0 radical (unpaired) electrons. The zero-order valence-electron chi connectivity index (χ0n) is 10.5. The second-order valence-corrected chi connectivity index (χ2v) is 5.82. The molecular weight excluding hydrogens is 228 g/mol. The van der Waals surface area contributed by atoms with Gasteiger partial charge in [0.15, 0.2) is 0 Å². The molecule has 1 atom stereocenters. The van der Waals surface area contributed by atoms with Crippen LogP contribution in [0.5, 0.6) is 0 Å². The summed E-state index contributed by atoms with van der Waals surface area (Å²) in [4.78, 5) is 6.92. The van der Waals surface area contributed by atoms with Gasteiger partial charge in [-0.05, 0) is 44.5 Å². The predicted octanol–water partition coefficient (Wildman–Crippen LogP) is 3.80. The molecule has 2 rings (SSSR count). The minimum absolute atomic E-state index is 0.439. The van der Waals surface area contributed by atoms with Crippen molar-refractivity contribution < 1.29 is 0 Å². The second-order valence-electron chi connectivity index (χ2n) is 4.45. The molecule has 1 unspecified atom stereocenters. The number of aryl methyl sites for hydroxylation is 2. The van der Waals surface area contributed by atoms with Crippen molar-refractivity contribution in [1.82, 2.24) is 4.98 Å².